The van der Waals surface area contributed by atoms with Crippen LogP contribution in [-0.2, 0) is 0 Å². The van der Waals surface area contributed by atoms with Crippen molar-refractivity contribution in [2.75, 3.05) is 13.1 Å². The lowest BCUT2D eigenvalue weighted by atomic mass is 10.1. The molecule has 0 bridgehead atoms. The highest BCUT2D eigenvalue weighted by Crippen LogP contribution is 2.06. The summed E-state index contributed by atoms with van der Waals surface area (Å²) in [6, 6.07) is 8.03. The van der Waals surface area contributed by atoms with Crippen molar-refractivity contribution in [2.24, 2.45) is 0 Å². The molecule has 0 aliphatic carbocycles. The van der Waals surface area contributed by atoms with Gasteiger partial charge in [0.2, 0.25) is 0 Å². The second-order valence-corrected chi connectivity index (χ2v) is 4.36. The fraction of sp³-hybridized carbons (Fsp3) is 0.462. The third-order valence-corrected chi connectivity index (χ3v) is 2.99. The van der Waals surface area contributed by atoms with E-state index in [1.165, 1.54) is 5.56 Å². The third-order valence-electron chi connectivity index (χ3n) is 2.99. The molecule has 1 aromatic rings. The van der Waals surface area contributed by atoms with Crippen molar-refractivity contribution in [1.29, 1.82) is 0 Å². The van der Waals surface area contributed by atoms with Crippen molar-refractivity contribution >= 4 is 5.91 Å². The molecule has 3 nitrogen and oxygen atoms in total. The maximum atomic E-state index is 11.9. The van der Waals surface area contributed by atoms with E-state index in [4.69, 9.17) is 0 Å². The van der Waals surface area contributed by atoms with E-state index < -0.39 is 0 Å². The first kappa shape index (κ1) is 11.1. The highest BCUT2D eigenvalue weighted by Gasteiger charge is 2.15. The Morgan fingerprint density at radius 2 is 1.88 bits per heavy atom. The van der Waals surface area contributed by atoms with Crippen molar-refractivity contribution in [1.82, 2.24) is 10.6 Å². The maximum absolute atomic E-state index is 11.9. The van der Waals surface area contributed by atoms with Crippen LogP contribution in [0.5, 0.6) is 0 Å². The maximum Gasteiger partial charge on any atom is 0.251 e. The van der Waals surface area contributed by atoms with Crippen LogP contribution in [0, 0.1) is 6.92 Å². The smallest absolute Gasteiger partial charge is 0.251 e. The fourth-order valence-electron chi connectivity index (χ4n) is 1.94. The molecule has 0 unspecified atom stereocenters. The summed E-state index contributed by atoms with van der Waals surface area (Å²) in [4.78, 5) is 11.9. The Morgan fingerprint density at radius 1 is 1.25 bits per heavy atom. The first-order chi connectivity index (χ1) is 7.75. The van der Waals surface area contributed by atoms with E-state index in [0.717, 1.165) is 31.5 Å². The predicted molar refractivity (Wildman–Crippen MR) is 64.5 cm³/mol. The number of nitrogens with one attached hydrogen (secondary N) is 2. The molecule has 1 aliphatic heterocycles. The molecule has 0 spiro atoms. The van der Waals surface area contributed by atoms with Gasteiger partial charge in [0.1, 0.15) is 0 Å². The lowest BCUT2D eigenvalue weighted by Gasteiger charge is -2.23. The van der Waals surface area contributed by atoms with Crippen LogP contribution in [0.15, 0.2) is 24.3 Å². The second kappa shape index (κ2) is 5.12. The third kappa shape index (κ3) is 2.83. The van der Waals surface area contributed by atoms with Crippen molar-refractivity contribution in [3.63, 3.8) is 0 Å². The number of carbonyl (C=O) groups excluding carboxylic acids is 1. The number of hydrogen-bond donors (Lipinski definition) is 2. The topological polar surface area (TPSA) is 41.1 Å². The average Bonchev–Trinajstić information content (AvgIpc) is 2.31. The van der Waals surface area contributed by atoms with Crippen LogP contribution in [0.4, 0.5) is 0 Å². The number of rotatable bonds is 2. The highest BCUT2D eigenvalue weighted by molar-refractivity contribution is 5.94. The molecule has 1 aliphatic rings. The Morgan fingerprint density at radius 3 is 2.50 bits per heavy atom. The molecule has 1 heterocycles. The number of piperidine rings is 1. The number of benzene rings is 1. The van der Waals surface area contributed by atoms with Crippen molar-refractivity contribution < 1.29 is 4.79 Å². The van der Waals surface area contributed by atoms with Gasteiger partial charge in [0, 0.05) is 11.6 Å². The molecule has 0 aromatic heterocycles. The standard InChI is InChI=1S/C13H18N2O/c1-10-2-4-11(5-3-10)13(16)15-12-6-8-14-9-7-12/h2-5,12,14H,6-9H2,1H3,(H,15,16). The molecule has 86 valence electrons. The summed E-state index contributed by atoms with van der Waals surface area (Å²) in [5.41, 5.74) is 1.93. The van der Waals surface area contributed by atoms with Gasteiger partial charge in [-0.1, -0.05) is 17.7 Å². The predicted octanol–water partition coefficient (Wildman–Crippen LogP) is 1.48. The van der Waals surface area contributed by atoms with Gasteiger partial charge in [-0.25, -0.2) is 0 Å². The molecule has 1 saturated heterocycles. The van der Waals surface area contributed by atoms with Crippen LogP contribution in [0.3, 0.4) is 0 Å². The van der Waals surface area contributed by atoms with Crippen LogP contribution in [0.25, 0.3) is 0 Å². The van der Waals surface area contributed by atoms with Crippen LogP contribution >= 0.6 is 0 Å². The monoisotopic (exact) mass is 218 g/mol. The van der Waals surface area contributed by atoms with E-state index in [-0.39, 0.29) is 5.91 Å². The Kier molecular flexibility index (Phi) is 3.57. The summed E-state index contributed by atoms with van der Waals surface area (Å²) in [5.74, 6) is 0.0481. The van der Waals surface area contributed by atoms with E-state index in [1.54, 1.807) is 0 Å². The summed E-state index contributed by atoms with van der Waals surface area (Å²) in [6.07, 6.45) is 2.05. The normalized spacial score (nSPS) is 17.1. The van der Waals surface area contributed by atoms with Gasteiger partial charge in [-0.3, -0.25) is 4.79 Å². The summed E-state index contributed by atoms with van der Waals surface area (Å²) in [5, 5.41) is 6.36. The van der Waals surface area contributed by atoms with E-state index in [9.17, 15) is 4.79 Å². The van der Waals surface area contributed by atoms with Crippen LogP contribution in [0.2, 0.25) is 0 Å². The molecular weight excluding hydrogens is 200 g/mol. The Hall–Kier alpha value is -1.35. The van der Waals surface area contributed by atoms with Crippen molar-refractivity contribution in [3.8, 4) is 0 Å². The van der Waals surface area contributed by atoms with Gasteiger partial charge in [-0.15, -0.1) is 0 Å². The minimum absolute atomic E-state index is 0.0481. The van der Waals surface area contributed by atoms with Crippen LogP contribution < -0.4 is 10.6 Å². The van der Waals surface area contributed by atoms with Crippen molar-refractivity contribution in [3.05, 3.63) is 35.4 Å². The zero-order valence-electron chi connectivity index (χ0n) is 9.62. The first-order valence-electron chi connectivity index (χ1n) is 5.84. The molecule has 0 atom stereocenters. The van der Waals surface area contributed by atoms with Gasteiger partial charge >= 0.3 is 0 Å². The first-order valence-corrected chi connectivity index (χ1v) is 5.84. The van der Waals surface area contributed by atoms with Crippen LogP contribution in [0.1, 0.15) is 28.8 Å². The number of carbonyl (C=O) groups is 1. The van der Waals surface area contributed by atoms with Gasteiger partial charge in [0.05, 0.1) is 0 Å². The Balaban J connectivity index is 1.94. The molecular formula is C13H18N2O. The Labute approximate surface area is 96.2 Å². The van der Waals surface area contributed by atoms with Crippen LogP contribution in [-0.4, -0.2) is 25.0 Å². The SMILES string of the molecule is Cc1ccc(C(=O)NC2CCNCC2)cc1. The van der Waals surface area contributed by atoms with Gasteiger partial charge < -0.3 is 10.6 Å². The molecule has 0 saturated carbocycles. The quantitative estimate of drug-likeness (QED) is 0.789. The van der Waals surface area contributed by atoms with E-state index >= 15 is 0 Å². The molecule has 16 heavy (non-hydrogen) atoms. The zero-order valence-corrected chi connectivity index (χ0v) is 9.62. The van der Waals surface area contributed by atoms with E-state index in [1.807, 2.05) is 31.2 Å². The molecule has 1 amide bonds. The number of hydrogen-bond acceptors (Lipinski definition) is 2. The fourth-order valence-corrected chi connectivity index (χ4v) is 1.94. The van der Waals surface area contributed by atoms with Gasteiger partial charge in [0.25, 0.3) is 5.91 Å². The molecule has 3 heteroatoms. The van der Waals surface area contributed by atoms with Gasteiger partial charge in [0.15, 0.2) is 0 Å². The van der Waals surface area contributed by atoms with E-state index in [2.05, 4.69) is 10.6 Å². The van der Waals surface area contributed by atoms with Gasteiger partial charge in [-0.05, 0) is 45.0 Å². The summed E-state index contributed by atoms with van der Waals surface area (Å²) >= 11 is 0. The number of amides is 1. The minimum Gasteiger partial charge on any atom is -0.349 e. The molecule has 1 fully saturated rings. The van der Waals surface area contributed by atoms with Crippen molar-refractivity contribution in [2.45, 2.75) is 25.8 Å². The summed E-state index contributed by atoms with van der Waals surface area (Å²) in [7, 11) is 0. The summed E-state index contributed by atoms with van der Waals surface area (Å²) < 4.78 is 0. The average molecular weight is 218 g/mol. The lowest BCUT2D eigenvalue weighted by molar-refractivity contribution is 0.0929. The largest absolute Gasteiger partial charge is 0.349 e. The minimum atomic E-state index is 0.0481. The lowest BCUT2D eigenvalue weighted by Crippen LogP contribution is -2.42. The summed E-state index contributed by atoms with van der Waals surface area (Å²) in [6.45, 7) is 4.02. The number of aryl methyl sites for hydroxylation is 1. The molecule has 0 radical (unpaired) electrons. The second-order valence-electron chi connectivity index (χ2n) is 4.36. The molecule has 2 rings (SSSR count). The molecule has 1 aromatic carbocycles. The Bertz CT molecular complexity index is 353. The van der Waals surface area contributed by atoms with Gasteiger partial charge in [-0.2, -0.15) is 0 Å². The highest BCUT2D eigenvalue weighted by atomic mass is 16.1. The zero-order chi connectivity index (χ0) is 11.4. The molecule has 2 N–H and O–H groups in total. The van der Waals surface area contributed by atoms with E-state index in [0.29, 0.717) is 6.04 Å².